The molecule has 1 aromatic heterocycles. The van der Waals surface area contributed by atoms with Crippen LogP contribution in [0.25, 0.3) is 0 Å². The van der Waals surface area contributed by atoms with Crippen LogP contribution in [0.3, 0.4) is 0 Å². The first-order chi connectivity index (χ1) is 10.1. The molecule has 1 atom stereocenters. The lowest BCUT2D eigenvalue weighted by Crippen LogP contribution is -2.30. The number of hydrogen-bond donors (Lipinski definition) is 1. The number of anilines is 1. The van der Waals surface area contributed by atoms with Crippen molar-refractivity contribution in [3.05, 3.63) is 18.3 Å². The van der Waals surface area contributed by atoms with E-state index < -0.39 is 10.0 Å². The minimum atomic E-state index is -3.43. The fraction of sp³-hybridized carbons (Fsp3) is 0.643. The van der Waals surface area contributed by atoms with Crippen molar-refractivity contribution in [2.24, 2.45) is 0 Å². The van der Waals surface area contributed by atoms with Crippen LogP contribution in [-0.4, -0.2) is 50.1 Å². The van der Waals surface area contributed by atoms with Gasteiger partial charge in [0.25, 0.3) is 0 Å². The molecule has 0 amide bonds. The van der Waals surface area contributed by atoms with Crippen molar-refractivity contribution >= 4 is 15.8 Å². The summed E-state index contributed by atoms with van der Waals surface area (Å²) in [6.07, 6.45) is 3.79. The van der Waals surface area contributed by atoms with E-state index in [1.807, 2.05) is 13.8 Å². The highest BCUT2D eigenvalue weighted by molar-refractivity contribution is 7.89. The van der Waals surface area contributed by atoms with E-state index in [4.69, 9.17) is 4.74 Å². The standard InChI is InChI=1S/C14H23N3O3S/c1-3-17(4-2)21(18,19)13-7-8-14(16-11-13)15-10-12-6-5-9-20-12/h7-8,11-12H,3-6,9-10H2,1-2H3,(H,15,16). The van der Waals surface area contributed by atoms with Gasteiger partial charge in [0.05, 0.1) is 6.10 Å². The lowest BCUT2D eigenvalue weighted by Gasteiger charge is -2.18. The lowest BCUT2D eigenvalue weighted by molar-refractivity contribution is 0.120. The Labute approximate surface area is 126 Å². The van der Waals surface area contributed by atoms with E-state index in [0.29, 0.717) is 25.5 Å². The molecular weight excluding hydrogens is 290 g/mol. The van der Waals surface area contributed by atoms with Gasteiger partial charge in [-0.15, -0.1) is 0 Å². The maximum Gasteiger partial charge on any atom is 0.244 e. The maximum absolute atomic E-state index is 12.3. The van der Waals surface area contributed by atoms with Gasteiger partial charge in [-0.25, -0.2) is 13.4 Å². The van der Waals surface area contributed by atoms with Crippen LogP contribution in [0.2, 0.25) is 0 Å². The first-order valence-corrected chi connectivity index (χ1v) is 8.83. The van der Waals surface area contributed by atoms with Crippen LogP contribution in [0, 0.1) is 0 Å². The fourth-order valence-corrected chi connectivity index (χ4v) is 3.78. The van der Waals surface area contributed by atoms with Gasteiger partial charge in [0.2, 0.25) is 10.0 Å². The predicted octanol–water partition coefficient (Wildman–Crippen LogP) is 1.70. The Morgan fingerprint density at radius 2 is 2.14 bits per heavy atom. The SMILES string of the molecule is CCN(CC)S(=O)(=O)c1ccc(NCC2CCCO2)nc1. The van der Waals surface area contributed by atoms with Gasteiger partial charge in [0.15, 0.2) is 0 Å². The van der Waals surface area contributed by atoms with Crippen LogP contribution >= 0.6 is 0 Å². The molecule has 1 aromatic rings. The monoisotopic (exact) mass is 313 g/mol. The number of sulfonamides is 1. The third-order valence-electron chi connectivity index (χ3n) is 3.61. The van der Waals surface area contributed by atoms with Crippen molar-refractivity contribution < 1.29 is 13.2 Å². The molecule has 0 aliphatic carbocycles. The van der Waals surface area contributed by atoms with Gasteiger partial charge in [0, 0.05) is 32.4 Å². The summed E-state index contributed by atoms with van der Waals surface area (Å²) >= 11 is 0. The van der Waals surface area contributed by atoms with Crippen LogP contribution in [0.4, 0.5) is 5.82 Å². The van der Waals surface area contributed by atoms with Crippen LogP contribution in [0.1, 0.15) is 26.7 Å². The molecule has 1 fully saturated rings. The van der Waals surface area contributed by atoms with Gasteiger partial charge in [-0.1, -0.05) is 13.8 Å². The molecule has 0 spiro atoms. The molecule has 118 valence electrons. The number of nitrogens with one attached hydrogen (secondary N) is 1. The van der Waals surface area contributed by atoms with Crippen molar-refractivity contribution in [2.75, 3.05) is 31.6 Å². The molecule has 1 saturated heterocycles. The minimum Gasteiger partial charge on any atom is -0.376 e. The summed E-state index contributed by atoms with van der Waals surface area (Å²) in [6, 6.07) is 3.30. The van der Waals surface area contributed by atoms with Gasteiger partial charge in [-0.3, -0.25) is 0 Å². The molecule has 2 rings (SSSR count). The van der Waals surface area contributed by atoms with Gasteiger partial charge >= 0.3 is 0 Å². The largest absolute Gasteiger partial charge is 0.376 e. The molecule has 1 aliphatic rings. The van der Waals surface area contributed by atoms with Gasteiger partial charge in [0.1, 0.15) is 10.7 Å². The maximum atomic E-state index is 12.3. The second-order valence-electron chi connectivity index (χ2n) is 4.98. The average Bonchev–Trinajstić information content (AvgIpc) is 3.00. The quantitative estimate of drug-likeness (QED) is 0.829. The molecular formula is C14H23N3O3S. The van der Waals surface area contributed by atoms with E-state index in [0.717, 1.165) is 19.4 Å². The molecule has 1 aliphatic heterocycles. The molecule has 0 bridgehead atoms. The zero-order valence-corrected chi connectivity index (χ0v) is 13.4. The van der Waals surface area contributed by atoms with Crippen LogP contribution in [0.15, 0.2) is 23.2 Å². The number of pyridine rings is 1. The Morgan fingerprint density at radius 1 is 1.38 bits per heavy atom. The van der Waals surface area contributed by atoms with E-state index in [1.54, 1.807) is 12.1 Å². The number of rotatable bonds is 7. The molecule has 0 aromatic carbocycles. The summed E-state index contributed by atoms with van der Waals surface area (Å²) in [5, 5.41) is 3.18. The van der Waals surface area contributed by atoms with E-state index in [9.17, 15) is 8.42 Å². The Hall–Kier alpha value is -1.18. The van der Waals surface area contributed by atoms with Gasteiger partial charge < -0.3 is 10.1 Å². The van der Waals surface area contributed by atoms with Crippen molar-refractivity contribution in [1.29, 1.82) is 0 Å². The molecule has 0 saturated carbocycles. The van der Waals surface area contributed by atoms with Gasteiger partial charge in [-0.05, 0) is 25.0 Å². The highest BCUT2D eigenvalue weighted by Crippen LogP contribution is 2.17. The molecule has 2 heterocycles. The third kappa shape index (κ3) is 3.93. The molecule has 21 heavy (non-hydrogen) atoms. The van der Waals surface area contributed by atoms with E-state index in [-0.39, 0.29) is 11.0 Å². The minimum absolute atomic E-state index is 0.228. The second kappa shape index (κ2) is 7.20. The number of aromatic nitrogens is 1. The first kappa shape index (κ1) is 16.2. The summed E-state index contributed by atoms with van der Waals surface area (Å²) in [5.41, 5.74) is 0. The molecule has 6 nitrogen and oxygen atoms in total. The normalized spacial score (nSPS) is 19.1. The van der Waals surface area contributed by atoms with Crippen molar-refractivity contribution in [1.82, 2.24) is 9.29 Å². The summed E-state index contributed by atoms with van der Waals surface area (Å²) in [6.45, 7) is 6.09. The van der Waals surface area contributed by atoms with E-state index >= 15 is 0 Å². The van der Waals surface area contributed by atoms with Crippen LogP contribution < -0.4 is 5.32 Å². The third-order valence-corrected chi connectivity index (χ3v) is 5.65. The summed E-state index contributed by atoms with van der Waals surface area (Å²) < 4.78 is 31.6. The topological polar surface area (TPSA) is 71.5 Å². The molecule has 0 radical (unpaired) electrons. The number of nitrogens with zero attached hydrogens (tertiary/aromatic N) is 2. The zero-order valence-electron chi connectivity index (χ0n) is 12.6. The Morgan fingerprint density at radius 3 is 2.67 bits per heavy atom. The fourth-order valence-electron chi connectivity index (χ4n) is 2.37. The van der Waals surface area contributed by atoms with E-state index in [2.05, 4.69) is 10.3 Å². The molecule has 1 N–H and O–H groups in total. The van der Waals surface area contributed by atoms with Crippen LogP contribution in [0.5, 0.6) is 0 Å². The van der Waals surface area contributed by atoms with Crippen molar-refractivity contribution in [3.8, 4) is 0 Å². The lowest BCUT2D eigenvalue weighted by atomic mass is 10.2. The van der Waals surface area contributed by atoms with Crippen molar-refractivity contribution in [3.63, 3.8) is 0 Å². The predicted molar refractivity (Wildman–Crippen MR) is 81.8 cm³/mol. The molecule has 1 unspecified atom stereocenters. The second-order valence-corrected chi connectivity index (χ2v) is 6.92. The Bertz CT molecular complexity index is 535. The number of ether oxygens (including phenoxy) is 1. The molecule has 7 heteroatoms. The van der Waals surface area contributed by atoms with Gasteiger partial charge in [-0.2, -0.15) is 4.31 Å². The van der Waals surface area contributed by atoms with E-state index in [1.165, 1.54) is 10.5 Å². The van der Waals surface area contributed by atoms with Crippen LogP contribution in [-0.2, 0) is 14.8 Å². The zero-order chi connectivity index (χ0) is 15.3. The highest BCUT2D eigenvalue weighted by atomic mass is 32.2. The Balaban J connectivity index is 2.00. The summed E-state index contributed by atoms with van der Waals surface area (Å²) in [7, 11) is -3.43. The average molecular weight is 313 g/mol. The number of hydrogen-bond acceptors (Lipinski definition) is 5. The first-order valence-electron chi connectivity index (χ1n) is 7.39. The summed E-state index contributed by atoms with van der Waals surface area (Å²) in [5.74, 6) is 0.670. The smallest absolute Gasteiger partial charge is 0.244 e. The Kier molecular flexibility index (Phi) is 5.55. The summed E-state index contributed by atoms with van der Waals surface area (Å²) in [4.78, 5) is 4.41. The highest BCUT2D eigenvalue weighted by Gasteiger charge is 2.22. The van der Waals surface area contributed by atoms with Crippen molar-refractivity contribution in [2.45, 2.75) is 37.7 Å².